The van der Waals surface area contributed by atoms with Crippen molar-refractivity contribution in [2.75, 3.05) is 19.6 Å². The van der Waals surface area contributed by atoms with Crippen LogP contribution in [0.2, 0.25) is 0 Å². The Balaban J connectivity index is 1.50. The number of nitrogens with one attached hydrogen (secondary N) is 2. The van der Waals surface area contributed by atoms with Crippen molar-refractivity contribution in [2.45, 2.75) is 76.7 Å². The van der Waals surface area contributed by atoms with Crippen LogP contribution in [-0.2, 0) is 19.6 Å². The topological polar surface area (TPSA) is 95.6 Å². The van der Waals surface area contributed by atoms with Crippen LogP contribution in [0.1, 0.15) is 64.4 Å². The molecular weight excluding hydrogens is 450 g/mol. The first-order valence-corrected chi connectivity index (χ1v) is 14.0. The fourth-order valence-electron chi connectivity index (χ4n) is 4.61. The Bertz CT molecular complexity index is 978. The van der Waals surface area contributed by atoms with Crippen molar-refractivity contribution in [1.82, 2.24) is 14.9 Å². The summed E-state index contributed by atoms with van der Waals surface area (Å²) in [6, 6.07) is 6.23. The normalized spacial score (nSPS) is 18.9. The van der Waals surface area contributed by atoms with Gasteiger partial charge < -0.3 is 10.6 Å². The summed E-state index contributed by atoms with van der Waals surface area (Å²) < 4.78 is 27.3. The van der Waals surface area contributed by atoms with Crippen LogP contribution >= 0.6 is 0 Å². The van der Waals surface area contributed by atoms with Gasteiger partial charge in [-0.2, -0.15) is 4.31 Å². The Hall–Kier alpha value is -2.19. The molecule has 34 heavy (non-hydrogen) atoms. The van der Waals surface area contributed by atoms with E-state index in [9.17, 15) is 18.0 Å². The zero-order valence-electron chi connectivity index (χ0n) is 20.7. The number of benzene rings is 1. The molecule has 0 radical (unpaired) electrons. The molecule has 0 unspecified atom stereocenters. The van der Waals surface area contributed by atoms with Crippen LogP contribution in [0.25, 0.3) is 0 Å². The van der Waals surface area contributed by atoms with Crippen LogP contribution in [0.3, 0.4) is 0 Å². The van der Waals surface area contributed by atoms with Crippen LogP contribution in [0.4, 0.5) is 0 Å². The van der Waals surface area contributed by atoms with E-state index in [0.29, 0.717) is 32.5 Å². The van der Waals surface area contributed by atoms with Gasteiger partial charge in [-0.15, -0.1) is 0 Å². The molecule has 1 aliphatic carbocycles. The van der Waals surface area contributed by atoms with Crippen molar-refractivity contribution >= 4 is 21.8 Å². The number of amides is 2. The number of piperidine rings is 1. The standard InChI is InChI=1S/C26H39N3O4S/c1-19(2)24(26(31)27-16-13-21-7-5-4-6-8-21)28-25(30)22-14-17-29(18-15-22)34(32,33)23-11-9-20(3)10-12-23/h7,9-12,19,22,24H,4-6,8,13-18H2,1-3H3,(H,27,31)(H,28,30)/t24-/m0/s1. The van der Waals surface area contributed by atoms with E-state index in [1.807, 2.05) is 20.8 Å². The monoisotopic (exact) mass is 489 g/mol. The number of allylic oxidation sites excluding steroid dienone is 1. The number of carbonyl (C=O) groups is 2. The predicted molar refractivity (Wildman–Crippen MR) is 134 cm³/mol. The highest BCUT2D eigenvalue weighted by Gasteiger charge is 2.34. The average molecular weight is 490 g/mol. The number of aryl methyl sites for hydroxylation is 1. The lowest BCUT2D eigenvalue weighted by molar-refractivity contribution is -0.132. The molecule has 7 nitrogen and oxygen atoms in total. The summed E-state index contributed by atoms with van der Waals surface area (Å²) in [6.07, 6.45) is 8.72. The van der Waals surface area contributed by atoms with E-state index >= 15 is 0 Å². The number of carbonyl (C=O) groups excluding carboxylic acids is 2. The molecule has 1 aliphatic heterocycles. The number of rotatable bonds is 9. The molecule has 188 valence electrons. The molecular formula is C26H39N3O4S. The van der Waals surface area contributed by atoms with Gasteiger partial charge >= 0.3 is 0 Å². The van der Waals surface area contributed by atoms with Gasteiger partial charge in [-0.3, -0.25) is 9.59 Å². The molecule has 1 aromatic rings. The summed E-state index contributed by atoms with van der Waals surface area (Å²) in [6.45, 7) is 6.93. The number of nitrogens with zero attached hydrogens (tertiary/aromatic N) is 1. The van der Waals surface area contributed by atoms with Crippen LogP contribution in [-0.4, -0.2) is 50.2 Å². The van der Waals surface area contributed by atoms with E-state index in [0.717, 1.165) is 24.8 Å². The van der Waals surface area contributed by atoms with E-state index in [1.165, 1.54) is 22.7 Å². The van der Waals surface area contributed by atoms with E-state index < -0.39 is 16.1 Å². The smallest absolute Gasteiger partial charge is 0.243 e. The lowest BCUT2D eigenvalue weighted by atomic mass is 9.95. The molecule has 0 saturated carbocycles. The van der Waals surface area contributed by atoms with Crippen molar-refractivity contribution < 1.29 is 18.0 Å². The van der Waals surface area contributed by atoms with Gasteiger partial charge in [0.1, 0.15) is 6.04 Å². The fraction of sp³-hybridized carbons (Fsp3) is 0.615. The van der Waals surface area contributed by atoms with Gasteiger partial charge in [0.2, 0.25) is 21.8 Å². The Morgan fingerprint density at radius 2 is 1.76 bits per heavy atom. The second-order valence-electron chi connectivity index (χ2n) is 9.87. The second-order valence-corrected chi connectivity index (χ2v) is 11.8. The zero-order valence-corrected chi connectivity index (χ0v) is 21.5. The fourth-order valence-corrected chi connectivity index (χ4v) is 6.08. The van der Waals surface area contributed by atoms with Gasteiger partial charge in [0, 0.05) is 25.6 Å². The summed E-state index contributed by atoms with van der Waals surface area (Å²) in [4.78, 5) is 26.0. The molecule has 3 rings (SSSR count). The van der Waals surface area contributed by atoms with Crippen LogP contribution in [0.15, 0.2) is 40.8 Å². The van der Waals surface area contributed by atoms with Gasteiger partial charge in [0.15, 0.2) is 0 Å². The first-order valence-electron chi connectivity index (χ1n) is 12.5. The summed E-state index contributed by atoms with van der Waals surface area (Å²) in [5.74, 6) is -0.666. The van der Waals surface area contributed by atoms with Crippen molar-refractivity contribution in [3.8, 4) is 0 Å². The van der Waals surface area contributed by atoms with E-state index in [2.05, 4.69) is 16.7 Å². The highest BCUT2D eigenvalue weighted by Crippen LogP contribution is 2.25. The van der Waals surface area contributed by atoms with Crippen molar-refractivity contribution in [3.63, 3.8) is 0 Å². The lowest BCUT2D eigenvalue weighted by Crippen LogP contribution is -2.52. The molecule has 2 aliphatic rings. The molecule has 1 aromatic carbocycles. The summed E-state index contributed by atoms with van der Waals surface area (Å²) in [5, 5.41) is 5.92. The zero-order chi connectivity index (χ0) is 24.7. The minimum Gasteiger partial charge on any atom is -0.354 e. The second kappa shape index (κ2) is 12.0. The highest BCUT2D eigenvalue weighted by atomic mass is 32.2. The molecule has 2 N–H and O–H groups in total. The maximum atomic E-state index is 12.9. The van der Waals surface area contributed by atoms with E-state index in [-0.39, 0.29) is 28.5 Å². The third kappa shape index (κ3) is 6.92. The SMILES string of the molecule is Cc1ccc(S(=O)(=O)N2CCC(C(=O)N[C@H](C(=O)NCCC3=CCCCC3)C(C)C)CC2)cc1. The van der Waals surface area contributed by atoms with Gasteiger partial charge in [-0.1, -0.05) is 43.2 Å². The molecule has 1 saturated heterocycles. The molecule has 0 aromatic heterocycles. The third-order valence-corrected chi connectivity index (χ3v) is 8.77. The molecule has 0 bridgehead atoms. The van der Waals surface area contributed by atoms with Crippen molar-refractivity contribution in [1.29, 1.82) is 0 Å². The third-order valence-electron chi connectivity index (χ3n) is 6.86. The van der Waals surface area contributed by atoms with E-state index in [1.54, 1.807) is 24.3 Å². The molecule has 1 heterocycles. The Morgan fingerprint density at radius 1 is 1.09 bits per heavy atom. The largest absolute Gasteiger partial charge is 0.354 e. The van der Waals surface area contributed by atoms with E-state index in [4.69, 9.17) is 0 Å². The average Bonchev–Trinajstić information content (AvgIpc) is 2.83. The van der Waals surface area contributed by atoms with Crippen molar-refractivity contribution in [3.05, 3.63) is 41.5 Å². The Kier molecular flexibility index (Phi) is 9.31. The summed E-state index contributed by atoms with van der Waals surface area (Å²) >= 11 is 0. The van der Waals surface area contributed by atoms with Crippen LogP contribution < -0.4 is 10.6 Å². The lowest BCUT2D eigenvalue weighted by Gasteiger charge is -2.32. The van der Waals surface area contributed by atoms with Crippen LogP contribution in [0.5, 0.6) is 0 Å². The first kappa shape index (κ1) is 26.4. The molecule has 0 spiro atoms. The maximum Gasteiger partial charge on any atom is 0.243 e. The first-order chi connectivity index (χ1) is 16.2. The predicted octanol–water partition coefficient (Wildman–Crippen LogP) is 3.54. The van der Waals surface area contributed by atoms with Crippen molar-refractivity contribution in [2.24, 2.45) is 11.8 Å². The van der Waals surface area contributed by atoms with Gasteiger partial charge in [0.05, 0.1) is 4.90 Å². The number of hydrogen-bond acceptors (Lipinski definition) is 4. The van der Waals surface area contributed by atoms with Gasteiger partial charge in [-0.25, -0.2) is 8.42 Å². The number of sulfonamides is 1. The minimum atomic E-state index is -3.56. The Morgan fingerprint density at radius 3 is 2.35 bits per heavy atom. The quantitative estimate of drug-likeness (QED) is 0.519. The minimum absolute atomic E-state index is 0.0418. The van der Waals surface area contributed by atoms with Crippen LogP contribution in [0, 0.1) is 18.8 Å². The highest BCUT2D eigenvalue weighted by molar-refractivity contribution is 7.89. The molecule has 8 heteroatoms. The summed E-state index contributed by atoms with van der Waals surface area (Å²) in [7, 11) is -3.56. The molecule has 1 fully saturated rings. The maximum absolute atomic E-state index is 12.9. The summed E-state index contributed by atoms with van der Waals surface area (Å²) in [5.41, 5.74) is 2.41. The molecule has 2 amide bonds. The van der Waals surface area contributed by atoms with Gasteiger partial charge in [-0.05, 0) is 69.9 Å². The Labute approximate surface area is 204 Å². The molecule has 1 atom stereocenters. The van der Waals surface area contributed by atoms with Gasteiger partial charge in [0.25, 0.3) is 0 Å². The number of hydrogen-bond donors (Lipinski definition) is 2.